The molecule has 0 bridgehead atoms. The minimum atomic E-state index is -0.827. The van der Waals surface area contributed by atoms with Gasteiger partial charge in [-0.2, -0.15) is 4.98 Å². The number of fused-ring (bicyclic) bond motifs is 1. The summed E-state index contributed by atoms with van der Waals surface area (Å²) in [5.74, 6) is 0.671. The number of benzene rings is 1. The van der Waals surface area contributed by atoms with Crippen molar-refractivity contribution in [2.75, 3.05) is 23.3 Å². The van der Waals surface area contributed by atoms with Gasteiger partial charge in [-0.3, -0.25) is 0 Å². The average Bonchev–Trinajstić information content (AvgIpc) is 3.19. The number of anilines is 2. The van der Waals surface area contributed by atoms with E-state index >= 15 is 0 Å². The Morgan fingerprint density at radius 3 is 2.61 bits per heavy atom. The van der Waals surface area contributed by atoms with Gasteiger partial charge >= 0.3 is 0 Å². The Bertz CT molecular complexity index is 1080. The number of hydrogen-bond donors (Lipinski definition) is 1. The van der Waals surface area contributed by atoms with Crippen molar-refractivity contribution in [1.82, 2.24) is 24.7 Å². The number of nitrogens with zero attached hydrogens (tertiary/aromatic N) is 6. The summed E-state index contributed by atoms with van der Waals surface area (Å²) in [5.41, 5.74) is 1.71. The fourth-order valence-corrected chi connectivity index (χ4v) is 4.51. The van der Waals surface area contributed by atoms with Crippen LogP contribution >= 0.6 is 0 Å². The molecule has 7 nitrogen and oxygen atoms in total. The molecule has 1 saturated heterocycles. The molecule has 9 heteroatoms. The summed E-state index contributed by atoms with van der Waals surface area (Å²) >= 11 is 0. The van der Waals surface area contributed by atoms with Gasteiger partial charge in [-0.25, -0.2) is 23.4 Å². The topological polar surface area (TPSA) is 71.8 Å². The molecule has 1 aromatic carbocycles. The van der Waals surface area contributed by atoms with E-state index in [4.69, 9.17) is 4.98 Å². The maximum absolute atomic E-state index is 13.8. The van der Waals surface area contributed by atoms with Crippen molar-refractivity contribution in [3.63, 3.8) is 0 Å². The van der Waals surface area contributed by atoms with E-state index < -0.39 is 11.6 Å². The second-order valence-corrected chi connectivity index (χ2v) is 8.31. The lowest BCUT2D eigenvalue weighted by atomic mass is 9.91. The van der Waals surface area contributed by atoms with Crippen LogP contribution in [-0.2, 0) is 6.54 Å². The predicted molar refractivity (Wildman–Crippen MR) is 113 cm³/mol. The Labute approximate surface area is 179 Å². The van der Waals surface area contributed by atoms with Gasteiger partial charge in [0.2, 0.25) is 5.95 Å². The molecule has 1 N–H and O–H groups in total. The highest BCUT2D eigenvalue weighted by Gasteiger charge is 2.28. The smallest absolute Gasteiger partial charge is 0.242 e. The molecule has 2 aromatic heterocycles. The lowest BCUT2D eigenvalue weighted by molar-refractivity contribution is 0.442. The number of rotatable bonds is 4. The molecule has 0 saturated carbocycles. The summed E-state index contributed by atoms with van der Waals surface area (Å²) < 4.78 is 29.0. The van der Waals surface area contributed by atoms with E-state index in [1.54, 1.807) is 12.4 Å². The minimum absolute atomic E-state index is 0.0743. The van der Waals surface area contributed by atoms with Gasteiger partial charge in [-0.15, -0.1) is 5.10 Å². The first-order valence-corrected chi connectivity index (χ1v) is 10.8. The van der Waals surface area contributed by atoms with Gasteiger partial charge < -0.3 is 10.2 Å². The van der Waals surface area contributed by atoms with Crippen molar-refractivity contribution in [3.05, 3.63) is 59.3 Å². The third-order valence-corrected chi connectivity index (χ3v) is 6.16. The fourth-order valence-electron chi connectivity index (χ4n) is 4.51. The van der Waals surface area contributed by atoms with E-state index in [0.29, 0.717) is 5.95 Å². The zero-order valence-electron chi connectivity index (χ0n) is 17.4. The highest BCUT2D eigenvalue weighted by atomic mass is 19.2. The van der Waals surface area contributed by atoms with Crippen LogP contribution in [0.25, 0.3) is 0 Å². The number of aromatic nitrogens is 5. The van der Waals surface area contributed by atoms with Crippen LogP contribution in [0.4, 0.5) is 20.5 Å². The van der Waals surface area contributed by atoms with E-state index in [9.17, 15) is 8.78 Å². The van der Waals surface area contributed by atoms with Gasteiger partial charge in [-0.05, 0) is 50.3 Å². The van der Waals surface area contributed by atoms with Crippen molar-refractivity contribution in [2.24, 2.45) is 0 Å². The number of piperidine rings is 1. The lowest BCUT2D eigenvalue weighted by Crippen LogP contribution is -2.39. The van der Waals surface area contributed by atoms with E-state index in [1.165, 1.54) is 12.1 Å². The molecule has 162 valence electrons. The molecule has 2 aliphatic rings. The van der Waals surface area contributed by atoms with Crippen molar-refractivity contribution >= 4 is 11.8 Å². The normalized spacial score (nSPS) is 19.3. The van der Waals surface area contributed by atoms with Crippen molar-refractivity contribution in [2.45, 2.75) is 51.1 Å². The molecule has 0 aliphatic carbocycles. The van der Waals surface area contributed by atoms with Crippen LogP contribution in [0.15, 0.2) is 30.6 Å². The van der Waals surface area contributed by atoms with Crippen molar-refractivity contribution in [3.8, 4) is 0 Å². The minimum Gasteiger partial charge on any atom is -0.356 e. The molecular formula is C22H25F2N7. The Kier molecular flexibility index (Phi) is 5.25. The second kappa shape index (κ2) is 8.20. The molecular weight excluding hydrogens is 400 g/mol. The third-order valence-electron chi connectivity index (χ3n) is 6.16. The Morgan fingerprint density at radius 1 is 1.00 bits per heavy atom. The fraction of sp³-hybridized carbons (Fsp3) is 0.455. The first-order chi connectivity index (χ1) is 15.1. The first-order valence-electron chi connectivity index (χ1n) is 10.8. The van der Waals surface area contributed by atoms with E-state index in [0.717, 1.165) is 68.2 Å². The molecule has 1 unspecified atom stereocenters. The maximum atomic E-state index is 13.8. The van der Waals surface area contributed by atoms with Crippen LogP contribution in [0.2, 0.25) is 0 Å². The van der Waals surface area contributed by atoms with Gasteiger partial charge in [0.05, 0.1) is 0 Å². The summed E-state index contributed by atoms with van der Waals surface area (Å²) in [6.07, 6.45) is 5.30. The van der Waals surface area contributed by atoms with Gasteiger partial charge in [0.25, 0.3) is 0 Å². The van der Waals surface area contributed by atoms with Crippen molar-refractivity contribution in [1.29, 1.82) is 0 Å². The van der Waals surface area contributed by atoms with Gasteiger partial charge in [0.1, 0.15) is 18.0 Å². The highest BCUT2D eigenvalue weighted by molar-refractivity contribution is 5.40. The summed E-state index contributed by atoms with van der Waals surface area (Å²) in [5, 5.41) is 8.12. The molecule has 31 heavy (non-hydrogen) atoms. The van der Waals surface area contributed by atoms with Crippen LogP contribution in [0, 0.1) is 18.6 Å². The summed E-state index contributed by atoms with van der Waals surface area (Å²) in [6.45, 7) is 4.56. The Morgan fingerprint density at radius 2 is 1.84 bits per heavy atom. The Balaban J connectivity index is 1.27. The molecule has 1 atom stereocenters. The molecule has 0 radical (unpaired) electrons. The number of aryl methyl sites for hydroxylation is 2. The molecule has 3 aromatic rings. The SMILES string of the molecule is Cc1cc(N2CCC(Nc3nc4n(n3)CCCC4c3ccc(F)c(F)c3)CC2)ncn1. The van der Waals surface area contributed by atoms with E-state index in [-0.39, 0.29) is 12.0 Å². The van der Waals surface area contributed by atoms with Crippen LogP contribution in [0.3, 0.4) is 0 Å². The molecule has 1 fully saturated rings. The van der Waals surface area contributed by atoms with Crippen LogP contribution in [0.1, 0.15) is 48.7 Å². The molecule has 2 aliphatic heterocycles. The third kappa shape index (κ3) is 4.08. The maximum Gasteiger partial charge on any atom is 0.242 e. The largest absolute Gasteiger partial charge is 0.356 e. The number of nitrogens with one attached hydrogen (secondary N) is 1. The van der Waals surface area contributed by atoms with Crippen LogP contribution in [-0.4, -0.2) is 43.9 Å². The summed E-state index contributed by atoms with van der Waals surface area (Å²) in [4.78, 5) is 15.6. The first kappa shape index (κ1) is 19.8. The summed E-state index contributed by atoms with van der Waals surface area (Å²) in [6, 6.07) is 6.40. The van der Waals surface area contributed by atoms with Crippen molar-refractivity contribution < 1.29 is 8.78 Å². The second-order valence-electron chi connectivity index (χ2n) is 8.31. The quantitative estimate of drug-likeness (QED) is 0.688. The van der Waals surface area contributed by atoms with Crippen LogP contribution < -0.4 is 10.2 Å². The Hall–Kier alpha value is -3.10. The predicted octanol–water partition coefficient (Wildman–Crippen LogP) is 3.66. The monoisotopic (exact) mass is 425 g/mol. The summed E-state index contributed by atoms with van der Waals surface area (Å²) in [7, 11) is 0. The van der Waals surface area contributed by atoms with Crippen LogP contribution in [0.5, 0.6) is 0 Å². The standard InChI is InChI=1S/C22H25F2N7/c1-14-11-20(26-13-25-14)30-9-6-16(7-10-30)27-22-28-21-17(3-2-8-31(21)29-22)15-4-5-18(23)19(24)12-15/h4-5,11-13,16-17H,2-3,6-10H2,1H3,(H,27,29). The number of halogens is 2. The van der Waals surface area contributed by atoms with E-state index in [1.807, 2.05) is 17.7 Å². The molecule has 4 heterocycles. The molecule has 0 spiro atoms. The van der Waals surface area contributed by atoms with Gasteiger partial charge in [0.15, 0.2) is 11.6 Å². The zero-order valence-corrected chi connectivity index (χ0v) is 17.4. The molecule has 5 rings (SSSR count). The zero-order chi connectivity index (χ0) is 21.4. The van der Waals surface area contributed by atoms with Gasteiger partial charge in [0, 0.05) is 43.4 Å². The van der Waals surface area contributed by atoms with E-state index in [2.05, 4.69) is 25.3 Å². The lowest BCUT2D eigenvalue weighted by Gasteiger charge is -2.32. The molecule has 0 amide bonds. The van der Waals surface area contributed by atoms with Gasteiger partial charge in [-0.1, -0.05) is 6.07 Å². The average molecular weight is 425 g/mol. The highest BCUT2D eigenvalue weighted by Crippen LogP contribution is 2.33. The number of hydrogen-bond acceptors (Lipinski definition) is 6.